The predicted octanol–water partition coefficient (Wildman–Crippen LogP) is 1.25. The van der Waals surface area contributed by atoms with Gasteiger partial charge in [-0.3, -0.25) is 4.79 Å². The van der Waals surface area contributed by atoms with Crippen LogP contribution in [-0.2, 0) is 14.8 Å². The summed E-state index contributed by atoms with van der Waals surface area (Å²) in [6.07, 6.45) is 3.54. The number of carbonyl (C=O) groups excluding carboxylic acids is 1. The summed E-state index contributed by atoms with van der Waals surface area (Å²) in [4.78, 5) is 12.3. The van der Waals surface area contributed by atoms with Crippen LogP contribution in [0.2, 0.25) is 0 Å². The van der Waals surface area contributed by atoms with Gasteiger partial charge in [-0.05, 0) is 62.4 Å². The summed E-state index contributed by atoms with van der Waals surface area (Å²) < 4.78 is 27.1. The molecule has 0 spiro atoms. The number of nitrogens with zero attached hydrogens (tertiary/aromatic N) is 2. The third kappa shape index (κ3) is 5.20. The Hall–Kier alpha value is -1.66. The average molecular weight is 413 g/mol. The lowest BCUT2D eigenvalue weighted by Crippen LogP contribution is -2.46. The van der Waals surface area contributed by atoms with Crippen LogP contribution in [0.3, 0.4) is 0 Å². The minimum atomic E-state index is -3.58. The Kier molecular flexibility index (Phi) is 7.62. The maximum atomic E-state index is 12.8. The van der Waals surface area contributed by atoms with Crippen LogP contribution in [0.1, 0.15) is 31.2 Å². The topological polar surface area (TPSA) is 102 Å². The van der Waals surface area contributed by atoms with Crippen LogP contribution in [0, 0.1) is 17.2 Å². The standard InChI is InChI=1S/C18H24N4O3S.ClH/c19-11-14-5-7-16(8-6-14)26(24,25)22-10-2-3-15(13-22)12-21-18(23)17-4-1-9-20-17;/h5-8,15,17,20H,1-4,9-10,12-13H2,(H,21,23);1H. The van der Waals surface area contributed by atoms with Crippen molar-refractivity contribution in [2.45, 2.75) is 36.6 Å². The second-order valence-corrected chi connectivity index (χ2v) is 8.84. The molecule has 27 heavy (non-hydrogen) atoms. The van der Waals surface area contributed by atoms with Crippen LogP contribution in [0.15, 0.2) is 29.2 Å². The van der Waals surface area contributed by atoms with Crippen molar-refractivity contribution in [3.05, 3.63) is 29.8 Å². The lowest BCUT2D eigenvalue weighted by Gasteiger charge is -2.32. The van der Waals surface area contributed by atoms with E-state index in [0.717, 1.165) is 32.2 Å². The van der Waals surface area contributed by atoms with Gasteiger partial charge in [-0.1, -0.05) is 0 Å². The van der Waals surface area contributed by atoms with E-state index in [0.29, 0.717) is 25.2 Å². The highest BCUT2D eigenvalue weighted by atomic mass is 35.5. The number of benzene rings is 1. The normalized spacial score (nSPS) is 23.2. The van der Waals surface area contributed by atoms with Crippen molar-refractivity contribution < 1.29 is 13.2 Å². The Labute approximate surface area is 166 Å². The van der Waals surface area contributed by atoms with E-state index in [1.807, 2.05) is 6.07 Å². The minimum absolute atomic E-state index is 0. The number of piperidine rings is 1. The highest BCUT2D eigenvalue weighted by Gasteiger charge is 2.31. The molecule has 2 heterocycles. The van der Waals surface area contributed by atoms with Crippen molar-refractivity contribution in [2.75, 3.05) is 26.2 Å². The van der Waals surface area contributed by atoms with Crippen molar-refractivity contribution in [3.8, 4) is 6.07 Å². The second-order valence-electron chi connectivity index (χ2n) is 6.90. The molecule has 0 aliphatic carbocycles. The van der Waals surface area contributed by atoms with Crippen LogP contribution >= 0.6 is 12.4 Å². The molecule has 0 aromatic heterocycles. The number of hydrogen-bond acceptors (Lipinski definition) is 5. The maximum Gasteiger partial charge on any atom is 0.243 e. The Bertz CT molecular complexity index is 786. The minimum Gasteiger partial charge on any atom is -0.354 e. The van der Waals surface area contributed by atoms with Crippen molar-refractivity contribution in [1.29, 1.82) is 5.26 Å². The van der Waals surface area contributed by atoms with E-state index < -0.39 is 10.0 Å². The monoisotopic (exact) mass is 412 g/mol. The van der Waals surface area contributed by atoms with E-state index in [4.69, 9.17) is 5.26 Å². The highest BCUT2D eigenvalue weighted by molar-refractivity contribution is 7.89. The Morgan fingerprint density at radius 2 is 2.00 bits per heavy atom. The van der Waals surface area contributed by atoms with Crippen LogP contribution in [0.5, 0.6) is 0 Å². The molecule has 0 saturated carbocycles. The number of halogens is 1. The zero-order chi connectivity index (χ0) is 18.6. The highest BCUT2D eigenvalue weighted by Crippen LogP contribution is 2.23. The summed E-state index contributed by atoms with van der Waals surface area (Å²) in [5, 5.41) is 15.0. The molecule has 2 N–H and O–H groups in total. The lowest BCUT2D eigenvalue weighted by atomic mass is 9.99. The number of amides is 1. The number of nitriles is 1. The fraction of sp³-hybridized carbons (Fsp3) is 0.556. The average Bonchev–Trinajstić information content (AvgIpc) is 3.21. The number of rotatable bonds is 5. The summed E-state index contributed by atoms with van der Waals surface area (Å²) in [5.74, 6) is 0.122. The van der Waals surface area contributed by atoms with Gasteiger partial charge in [0.2, 0.25) is 15.9 Å². The van der Waals surface area contributed by atoms with E-state index in [-0.39, 0.29) is 35.2 Å². The smallest absolute Gasteiger partial charge is 0.243 e. The van der Waals surface area contributed by atoms with Gasteiger partial charge in [-0.2, -0.15) is 9.57 Å². The molecule has 2 atom stereocenters. The van der Waals surface area contributed by atoms with Gasteiger partial charge in [0, 0.05) is 19.6 Å². The summed E-state index contributed by atoms with van der Waals surface area (Å²) in [6.45, 7) is 2.26. The molecule has 0 bridgehead atoms. The summed E-state index contributed by atoms with van der Waals surface area (Å²) in [7, 11) is -3.58. The van der Waals surface area contributed by atoms with Gasteiger partial charge in [-0.25, -0.2) is 8.42 Å². The molecule has 2 aliphatic rings. The third-order valence-electron chi connectivity index (χ3n) is 5.04. The van der Waals surface area contributed by atoms with Gasteiger partial charge in [0.25, 0.3) is 0 Å². The molecule has 1 aromatic carbocycles. The molecule has 1 amide bonds. The lowest BCUT2D eigenvalue weighted by molar-refractivity contribution is -0.123. The first-order valence-corrected chi connectivity index (χ1v) is 10.5. The fourth-order valence-corrected chi connectivity index (χ4v) is 5.09. The van der Waals surface area contributed by atoms with Crippen molar-refractivity contribution in [3.63, 3.8) is 0 Å². The van der Waals surface area contributed by atoms with Crippen molar-refractivity contribution in [1.82, 2.24) is 14.9 Å². The first-order chi connectivity index (χ1) is 12.5. The Morgan fingerprint density at radius 3 is 2.63 bits per heavy atom. The third-order valence-corrected chi connectivity index (χ3v) is 6.92. The van der Waals surface area contributed by atoms with Crippen molar-refractivity contribution >= 4 is 28.3 Å². The molecule has 2 saturated heterocycles. The zero-order valence-electron chi connectivity index (χ0n) is 15.1. The molecule has 2 aliphatic heterocycles. The number of nitrogens with one attached hydrogen (secondary N) is 2. The van der Waals surface area contributed by atoms with Crippen LogP contribution in [0.25, 0.3) is 0 Å². The quantitative estimate of drug-likeness (QED) is 0.757. The van der Waals surface area contributed by atoms with Gasteiger partial charge in [0.15, 0.2) is 0 Å². The Morgan fingerprint density at radius 1 is 1.26 bits per heavy atom. The molecule has 0 radical (unpaired) electrons. The largest absolute Gasteiger partial charge is 0.354 e. The van der Waals surface area contributed by atoms with E-state index in [9.17, 15) is 13.2 Å². The van der Waals surface area contributed by atoms with Crippen LogP contribution < -0.4 is 10.6 Å². The number of carbonyl (C=O) groups is 1. The van der Waals surface area contributed by atoms with Crippen LogP contribution in [-0.4, -0.2) is 50.9 Å². The molecule has 3 rings (SSSR count). The molecular formula is C18H25ClN4O3S. The maximum absolute atomic E-state index is 12.8. The van der Waals surface area contributed by atoms with Crippen molar-refractivity contribution in [2.24, 2.45) is 5.92 Å². The second kappa shape index (κ2) is 9.51. The molecule has 2 fully saturated rings. The first-order valence-electron chi connectivity index (χ1n) is 9.02. The summed E-state index contributed by atoms with van der Waals surface area (Å²) in [5.41, 5.74) is 0.434. The van der Waals surface area contributed by atoms with Crippen LogP contribution in [0.4, 0.5) is 0 Å². The zero-order valence-corrected chi connectivity index (χ0v) is 16.7. The molecular weight excluding hydrogens is 388 g/mol. The SMILES string of the molecule is Cl.N#Cc1ccc(S(=O)(=O)N2CCCC(CNC(=O)C3CCCN3)C2)cc1. The number of hydrogen-bond donors (Lipinski definition) is 2. The summed E-state index contributed by atoms with van der Waals surface area (Å²) in [6, 6.07) is 7.86. The fourth-order valence-electron chi connectivity index (χ4n) is 3.54. The first kappa shape index (κ1) is 21.6. The Balaban J connectivity index is 0.00000261. The molecule has 9 heteroatoms. The van der Waals surface area contributed by atoms with Gasteiger partial charge >= 0.3 is 0 Å². The van der Waals surface area contributed by atoms with E-state index in [1.165, 1.54) is 28.6 Å². The molecule has 1 aromatic rings. The van der Waals surface area contributed by atoms with E-state index >= 15 is 0 Å². The van der Waals surface area contributed by atoms with Gasteiger partial charge < -0.3 is 10.6 Å². The van der Waals surface area contributed by atoms with E-state index in [1.54, 1.807) is 0 Å². The van der Waals surface area contributed by atoms with Gasteiger partial charge in [-0.15, -0.1) is 12.4 Å². The predicted molar refractivity (Wildman–Crippen MR) is 104 cm³/mol. The molecule has 2 unspecified atom stereocenters. The molecule has 148 valence electrons. The van der Waals surface area contributed by atoms with Gasteiger partial charge in [0.1, 0.15) is 0 Å². The summed E-state index contributed by atoms with van der Waals surface area (Å²) >= 11 is 0. The molecule has 7 nitrogen and oxygen atoms in total. The van der Waals surface area contributed by atoms with Gasteiger partial charge in [0.05, 0.1) is 22.6 Å². The van der Waals surface area contributed by atoms with E-state index in [2.05, 4.69) is 10.6 Å². The number of sulfonamides is 1.